The molecule has 0 radical (unpaired) electrons. The first-order valence-electron chi connectivity index (χ1n) is 7.24. The van der Waals surface area contributed by atoms with Crippen LogP contribution < -0.4 is 20.2 Å². The molecule has 0 fully saturated rings. The molecule has 0 bridgehead atoms. The van der Waals surface area contributed by atoms with Gasteiger partial charge < -0.3 is 19.5 Å². The summed E-state index contributed by atoms with van der Waals surface area (Å²) in [6, 6.07) is 3.54. The van der Waals surface area contributed by atoms with Crippen molar-refractivity contribution in [2.45, 2.75) is 13.8 Å². The monoisotopic (exact) mass is 417 g/mol. The second-order valence-electron chi connectivity index (χ2n) is 4.36. The van der Waals surface area contributed by atoms with Crippen molar-refractivity contribution in [1.29, 1.82) is 0 Å². The van der Waals surface area contributed by atoms with Crippen molar-refractivity contribution in [2.24, 2.45) is 5.10 Å². The van der Waals surface area contributed by atoms with Crippen LogP contribution in [-0.4, -0.2) is 44.2 Å². The standard InChI is InChI=1S/C15H20BrN3O4S/c1-4-17-15(24)19-18-8-10-6-11(16)14(12(7-10)22-5-2)23-9-13(20)21-3/h6-8H,4-5,9H2,1-3H3,(H2,17,19,24)/b18-8-. The van der Waals surface area contributed by atoms with Crippen LogP contribution in [0.4, 0.5) is 0 Å². The summed E-state index contributed by atoms with van der Waals surface area (Å²) < 4.78 is 16.2. The third-order valence-corrected chi connectivity index (χ3v) is 3.44. The molecule has 0 aliphatic carbocycles. The third-order valence-electron chi connectivity index (χ3n) is 2.61. The Kier molecular flexibility index (Phi) is 9.10. The number of ether oxygens (including phenoxy) is 3. The first-order chi connectivity index (χ1) is 11.5. The molecule has 7 nitrogen and oxygen atoms in total. The van der Waals surface area contributed by atoms with Gasteiger partial charge in [0.05, 0.1) is 24.4 Å². The Hall–Kier alpha value is -1.87. The minimum absolute atomic E-state index is 0.207. The fourth-order valence-corrected chi connectivity index (χ4v) is 2.39. The van der Waals surface area contributed by atoms with Crippen molar-refractivity contribution in [3.05, 3.63) is 22.2 Å². The molecule has 0 heterocycles. The van der Waals surface area contributed by atoms with Crippen LogP contribution in [0.1, 0.15) is 19.4 Å². The lowest BCUT2D eigenvalue weighted by Gasteiger charge is -2.14. The van der Waals surface area contributed by atoms with Crippen LogP contribution in [0.15, 0.2) is 21.7 Å². The van der Waals surface area contributed by atoms with E-state index < -0.39 is 5.97 Å². The number of halogens is 1. The lowest BCUT2D eigenvalue weighted by atomic mass is 10.2. The van der Waals surface area contributed by atoms with Gasteiger partial charge >= 0.3 is 5.97 Å². The Morgan fingerprint density at radius 1 is 1.38 bits per heavy atom. The van der Waals surface area contributed by atoms with Gasteiger partial charge in [-0.1, -0.05) is 0 Å². The normalized spacial score (nSPS) is 10.3. The number of hydrazone groups is 1. The van der Waals surface area contributed by atoms with E-state index in [0.717, 1.165) is 5.56 Å². The molecule has 0 aliphatic heterocycles. The van der Waals surface area contributed by atoms with E-state index in [-0.39, 0.29) is 6.61 Å². The van der Waals surface area contributed by atoms with Crippen molar-refractivity contribution in [1.82, 2.24) is 10.7 Å². The summed E-state index contributed by atoms with van der Waals surface area (Å²) in [5, 5.41) is 7.42. The van der Waals surface area contributed by atoms with E-state index in [1.165, 1.54) is 7.11 Å². The molecule has 0 saturated heterocycles. The predicted molar refractivity (Wildman–Crippen MR) is 99.8 cm³/mol. The molecule has 9 heteroatoms. The number of nitrogens with one attached hydrogen (secondary N) is 2. The lowest BCUT2D eigenvalue weighted by Crippen LogP contribution is -2.31. The second-order valence-corrected chi connectivity index (χ2v) is 5.62. The van der Waals surface area contributed by atoms with Crippen molar-refractivity contribution < 1.29 is 19.0 Å². The largest absolute Gasteiger partial charge is 0.490 e. The zero-order valence-corrected chi connectivity index (χ0v) is 16.1. The first kappa shape index (κ1) is 20.2. The summed E-state index contributed by atoms with van der Waals surface area (Å²) in [5.41, 5.74) is 3.47. The molecule has 0 aromatic heterocycles. The third kappa shape index (κ3) is 6.71. The number of carbonyl (C=O) groups excluding carboxylic acids is 1. The highest BCUT2D eigenvalue weighted by atomic mass is 79.9. The average Bonchev–Trinajstić information content (AvgIpc) is 2.54. The fourth-order valence-electron chi connectivity index (χ4n) is 1.62. The molecule has 0 aliphatic rings. The number of methoxy groups -OCH3 is 1. The summed E-state index contributed by atoms with van der Waals surface area (Å²) in [5.74, 6) is 0.443. The van der Waals surface area contributed by atoms with Crippen LogP contribution in [-0.2, 0) is 9.53 Å². The van der Waals surface area contributed by atoms with Crippen LogP contribution in [0.25, 0.3) is 0 Å². The Balaban J connectivity index is 2.91. The molecule has 1 rings (SSSR count). The highest BCUT2D eigenvalue weighted by Crippen LogP contribution is 2.36. The van der Waals surface area contributed by atoms with Gasteiger partial charge in [-0.2, -0.15) is 5.10 Å². The van der Waals surface area contributed by atoms with Gasteiger partial charge in [0, 0.05) is 6.54 Å². The van der Waals surface area contributed by atoms with Gasteiger partial charge in [0.15, 0.2) is 23.2 Å². The van der Waals surface area contributed by atoms with E-state index in [0.29, 0.717) is 34.2 Å². The minimum Gasteiger partial charge on any atom is -0.490 e. The molecule has 2 N–H and O–H groups in total. The smallest absolute Gasteiger partial charge is 0.343 e. The molecule has 0 spiro atoms. The van der Waals surface area contributed by atoms with E-state index in [2.05, 4.69) is 36.5 Å². The number of hydrogen-bond acceptors (Lipinski definition) is 6. The van der Waals surface area contributed by atoms with Crippen LogP contribution in [0, 0.1) is 0 Å². The predicted octanol–water partition coefficient (Wildman–Crippen LogP) is 2.22. The molecule has 24 heavy (non-hydrogen) atoms. The van der Waals surface area contributed by atoms with E-state index in [9.17, 15) is 4.79 Å². The van der Waals surface area contributed by atoms with Gasteiger partial charge in [0.1, 0.15) is 0 Å². The fraction of sp³-hybridized carbons (Fsp3) is 0.400. The van der Waals surface area contributed by atoms with E-state index in [1.807, 2.05) is 13.8 Å². The SMILES string of the molecule is CCNC(=S)N/N=C\c1cc(Br)c(OCC(=O)OC)c(OCC)c1. The number of nitrogens with zero attached hydrogens (tertiary/aromatic N) is 1. The van der Waals surface area contributed by atoms with Crippen molar-refractivity contribution in [2.75, 3.05) is 26.9 Å². The molecule has 0 atom stereocenters. The summed E-state index contributed by atoms with van der Waals surface area (Å²) in [7, 11) is 1.30. The summed E-state index contributed by atoms with van der Waals surface area (Å²) >= 11 is 8.43. The lowest BCUT2D eigenvalue weighted by molar-refractivity contribution is -0.142. The number of rotatable bonds is 8. The molecular weight excluding hydrogens is 398 g/mol. The number of esters is 1. The zero-order chi connectivity index (χ0) is 17.9. The minimum atomic E-state index is -0.476. The number of thiocarbonyl (C=S) groups is 1. The Labute approximate surface area is 154 Å². The van der Waals surface area contributed by atoms with E-state index >= 15 is 0 Å². The molecule has 0 saturated carbocycles. The highest BCUT2D eigenvalue weighted by molar-refractivity contribution is 9.10. The summed E-state index contributed by atoms with van der Waals surface area (Å²) in [6.07, 6.45) is 1.60. The van der Waals surface area contributed by atoms with Crippen LogP contribution in [0.3, 0.4) is 0 Å². The maximum absolute atomic E-state index is 11.2. The maximum Gasteiger partial charge on any atom is 0.343 e. The number of hydrogen-bond donors (Lipinski definition) is 2. The Morgan fingerprint density at radius 2 is 2.12 bits per heavy atom. The zero-order valence-electron chi connectivity index (χ0n) is 13.7. The first-order valence-corrected chi connectivity index (χ1v) is 8.44. The van der Waals surface area contributed by atoms with Crippen molar-refractivity contribution in [3.8, 4) is 11.5 Å². The van der Waals surface area contributed by atoms with Gasteiger partial charge in [-0.25, -0.2) is 4.79 Å². The molecule has 132 valence electrons. The molecule has 0 amide bonds. The van der Waals surface area contributed by atoms with Crippen molar-refractivity contribution in [3.63, 3.8) is 0 Å². The summed E-state index contributed by atoms with van der Waals surface area (Å²) in [4.78, 5) is 11.2. The number of carbonyl (C=O) groups is 1. The van der Waals surface area contributed by atoms with E-state index in [1.54, 1.807) is 18.3 Å². The Bertz CT molecular complexity index is 611. The van der Waals surface area contributed by atoms with Crippen LogP contribution in [0.5, 0.6) is 11.5 Å². The molecule has 1 aromatic rings. The quantitative estimate of drug-likeness (QED) is 0.290. The second kappa shape index (κ2) is 10.8. The molecule has 1 aromatic carbocycles. The van der Waals surface area contributed by atoms with Gasteiger partial charge in [-0.15, -0.1) is 0 Å². The number of benzene rings is 1. The van der Waals surface area contributed by atoms with Gasteiger partial charge in [-0.3, -0.25) is 5.43 Å². The Morgan fingerprint density at radius 3 is 2.75 bits per heavy atom. The van der Waals surface area contributed by atoms with Gasteiger partial charge in [-0.05, 0) is 59.7 Å². The maximum atomic E-state index is 11.2. The van der Waals surface area contributed by atoms with E-state index in [4.69, 9.17) is 21.7 Å². The van der Waals surface area contributed by atoms with Crippen molar-refractivity contribution >= 4 is 45.4 Å². The van der Waals surface area contributed by atoms with Gasteiger partial charge in [0.25, 0.3) is 0 Å². The topological polar surface area (TPSA) is 81.2 Å². The van der Waals surface area contributed by atoms with Crippen LogP contribution >= 0.6 is 28.1 Å². The summed E-state index contributed by atoms with van der Waals surface area (Å²) in [6.45, 7) is 4.75. The molecular formula is C15H20BrN3O4S. The average molecular weight is 418 g/mol. The van der Waals surface area contributed by atoms with Gasteiger partial charge in [0.2, 0.25) is 0 Å². The van der Waals surface area contributed by atoms with Crippen LogP contribution in [0.2, 0.25) is 0 Å². The molecule has 0 unspecified atom stereocenters. The highest BCUT2D eigenvalue weighted by Gasteiger charge is 2.13.